The van der Waals surface area contributed by atoms with Crippen LogP contribution >= 0.6 is 0 Å². The van der Waals surface area contributed by atoms with E-state index in [1.165, 1.54) is 5.56 Å². The molecule has 3 rings (SSSR count). The van der Waals surface area contributed by atoms with Crippen LogP contribution in [0.5, 0.6) is 0 Å². The molecule has 0 bridgehead atoms. The quantitative estimate of drug-likeness (QED) is 0.730. The summed E-state index contributed by atoms with van der Waals surface area (Å²) in [6, 6.07) is 8.13. The maximum atomic E-state index is 12.0. The second-order valence-electron chi connectivity index (χ2n) is 4.89. The third kappa shape index (κ3) is 1.32. The van der Waals surface area contributed by atoms with Crippen LogP contribution in [0, 0.1) is 0 Å². The second-order valence-corrected chi connectivity index (χ2v) is 4.89. The van der Waals surface area contributed by atoms with Crippen molar-refractivity contribution in [2.75, 3.05) is 4.90 Å². The average molecular weight is 229 g/mol. The SMILES string of the molecule is C=CC[C@]1(C)OC(=O)N2c3ccccc3C[C@@H]21. The van der Waals surface area contributed by atoms with E-state index in [9.17, 15) is 4.79 Å². The van der Waals surface area contributed by atoms with Gasteiger partial charge in [0.05, 0.1) is 11.7 Å². The van der Waals surface area contributed by atoms with Gasteiger partial charge in [0, 0.05) is 6.42 Å². The summed E-state index contributed by atoms with van der Waals surface area (Å²) in [5.41, 5.74) is 1.78. The first-order valence-corrected chi connectivity index (χ1v) is 5.87. The van der Waals surface area contributed by atoms with Crippen molar-refractivity contribution >= 4 is 11.8 Å². The molecule has 1 aromatic carbocycles. The summed E-state index contributed by atoms with van der Waals surface area (Å²) >= 11 is 0. The van der Waals surface area contributed by atoms with Gasteiger partial charge in [-0.05, 0) is 25.0 Å². The van der Waals surface area contributed by atoms with E-state index in [4.69, 9.17) is 4.74 Å². The van der Waals surface area contributed by atoms with Crippen molar-refractivity contribution in [3.8, 4) is 0 Å². The predicted octanol–water partition coefficient (Wildman–Crippen LogP) is 2.90. The predicted molar refractivity (Wildman–Crippen MR) is 66.1 cm³/mol. The van der Waals surface area contributed by atoms with Crippen molar-refractivity contribution < 1.29 is 9.53 Å². The van der Waals surface area contributed by atoms with E-state index in [1.54, 1.807) is 4.90 Å². The van der Waals surface area contributed by atoms with Gasteiger partial charge in [0.2, 0.25) is 0 Å². The Kier molecular flexibility index (Phi) is 2.05. The maximum Gasteiger partial charge on any atom is 0.415 e. The number of ether oxygens (including phenoxy) is 1. The minimum Gasteiger partial charge on any atom is -0.440 e. The van der Waals surface area contributed by atoms with Crippen molar-refractivity contribution in [2.45, 2.75) is 31.4 Å². The molecule has 3 nitrogen and oxygen atoms in total. The summed E-state index contributed by atoms with van der Waals surface area (Å²) in [6.07, 6.45) is 3.14. The molecule has 2 aliphatic rings. The van der Waals surface area contributed by atoms with Crippen molar-refractivity contribution in [1.82, 2.24) is 0 Å². The molecule has 1 saturated heterocycles. The van der Waals surface area contributed by atoms with Gasteiger partial charge in [0.1, 0.15) is 5.60 Å². The lowest BCUT2D eigenvalue weighted by molar-refractivity contribution is 0.0554. The number of cyclic esters (lactones) is 1. The fraction of sp³-hybridized carbons (Fsp3) is 0.357. The first kappa shape index (κ1) is 10.4. The van der Waals surface area contributed by atoms with Crippen molar-refractivity contribution in [3.05, 3.63) is 42.5 Å². The molecule has 2 atom stereocenters. The normalized spacial score (nSPS) is 29.8. The highest BCUT2D eigenvalue weighted by Gasteiger charge is 2.53. The summed E-state index contributed by atoms with van der Waals surface area (Å²) in [5, 5.41) is 0. The van der Waals surface area contributed by atoms with E-state index in [1.807, 2.05) is 31.2 Å². The smallest absolute Gasteiger partial charge is 0.415 e. The number of hydrogen-bond acceptors (Lipinski definition) is 2. The molecular formula is C14H15NO2. The summed E-state index contributed by atoms with van der Waals surface area (Å²) in [4.78, 5) is 13.8. The molecule has 0 spiro atoms. The fourth-order valence-electron chi connectivity index (χ4n) is 2.88. The number of para-hydroxylation sites is 1. The van der Waals surface area contributed by atoms with Gasteiger partial charge in [-0.3, -0.25) is 4.90 Å². The minimum absolute atomic E-state index is 0.102. The van der Waals surface area contributed by atoms with Crippen LogP contribution in [0.1, 0.15) is 18.9 Å². The Bertz CT molecular complexity index is 497. The lowest BCUT2D eigenvalue weighted by Gasteiger charge is -2.26. The molecule has 1 amide bonds. The van der Waals surface area contributed by atoms with Crippen LogP contribution in [-0.2, 0) is 11.2 Å². The highest BCUT2D eigenvalue weighted by Crippen LogP contribution is 2.44. The lowest BCUT2D eigenvalue weighted by Crippen LogP contribution is -2.41. The van der Waals surface area contributed by atoms with Crippen LogP contribution in [-0.4, -0.2) is 17.7 Å². The van der Waals surface area contributed by atoms with E-state index in [0.29, 0.717) is 6.42 Å². The van der Waals surface area contributed by atoms with E-state index in [0.717, 1.165) is 12.1 Å². The Morgan fingerprint density at radius 3 is 3.12 bits per heavy atom. The molecule has 88 valence electrons. The Morgan fingerprint density at radius 2 is 2.35 bits per heavy atom. The molecule has 0 N–H and O–H groups in total. The number of anilines is 1. The van der Waals surface area contributed by atoms with Gasteiger partial charge in [0.15, 0.2) is 0 Å². The van der Waals surface area contributed by atoms with Gasteiger partial charge >= 0.3 is 6.09 Å². The minimum atomic E-state index is -0.447. The number of carbonyl (C=O) groups is 1. The molecule has 0 radical (unpaired) electrons. The number of nitrogens with zero attached hydrogens (tertiary/aromatic N) is 1. The van der Waals surface area contributed by atoms with Crippen LogP contribution in [0.15, 0.2) is 36.9 Å². The molecule has 0 aliphatic carbocycles. The van der Waals surface area contributed by atoms with Crippen LogP contribution in [0.2, 0.25) is 0 Å². The molecule has 1 fully saturated rings. The van der Waals surface area contributed by atoms with Gasteiger partial charge in [-0.25, -0.2) is 4.79 Å². The molecule has 2 aliphatic heterocycles. The van der Waals surface area contributed by atoms with Crippen LogP contribution in [0.4, 0.5) is 10.5 Å². The Labute approximate surface area is 101 Å². The molecule has 1 aromatic rings. The van der Waals surface area contributed by atoms with Gasteiger partial charge in [0.25, 0.3) is 0 Å². The standard InChI is InChI=1S/C14H15NO2/c1-3-8-14(2)12-9-10-6-4-5-7-11(10)15(12)13(16)17-14/h3-7,12H,1,8-9H2,2H3/t12-,14+/m1/s1. The third-order valence-electron chi connectivity index (χ3n) is 3.75. The van der Waals surface area contributed by atoms with Crippen molar-refractivity contribution in [3.63, 3.8) is 0 Å². The van der Waals surface area contributed by atoms with Crippen LogP contribution in [0.25, 0.3) is 0 Å². The Hall–Kier alpha value is -1.77. The van der Waals surface area contributed by atoms with E-state index in [-0.39, 0.29) is 12.1 Å². The second kappa shape index (κ2) is 3.36. The molecule has 2 heterocycles. The molecule has 0 unspecified atom stereocenters. The lowest BCUT2D eigenvalue weighted by atomic mass is 9.90. The molecule has 0 aromatic heterocycles. The van der Waals surface area contributed by atoms with Gasteiger partial charge < -0.3 is 4.74 Å². The van der Waals surface area contributed by atoms with Gasteiger partial charge in [-0.2, -0.15) is 0 Å². The Morgan fingerprint density at radius 1 is 1.59 bits per heavy atom. The van der Waals surface area contributed by atoms with Gasteiger partial charge in [-0.15, -0.1) is 6.58 Å². The van der Waals surface area contributed by atoms with E-state index in [2.05, 4.69) is 12.6 Å². The zero-order chi connectivity index (χ0) is 12.0. The first-order chi connectivity index (χ1) is 8.15. The summed E-state index contributed by atoms with van der Waals surface area (Å²) in [6.45, 7) is 5.74. The number of benzene rings is 1. The third-order valence-corrected chi connectivity index (χ3v) is 3.75. The zero-order valence-electron chi connectivity index (χ0n) is 9.85. The summed E-state index contributed by atoms with van der Waals surface area (Å²) in [5.74, 6) is 0. The largest absolute Gasteiger partial charge is 0.440 e. The topological polar surface area (TPSA) is 29.5 Å². The monoisotopic (exact) mass is 229 g/mol. The number of amides is 1. The average Bonchev–Trinajstić information content (AvgIpc) is 2.78. The van der Waals surface area contributed by atoms with E-state index >= 15 is 0 Å². The molecule has 17 heavy (non-hydrogen) atoms. The number of rotatable bonds is 2. The summed E-state index contributed by atoms with van der Waals surface area (Å²) in [7, 11) is 0. The van der Waals surface area contributed by atoms with Gasteiger partial charge in [-0.1, -0.05) is 24.3 Å². The summed E-state index contributed by atoms with van der Waals surface area (Å²) < 4.78 is 5.53. The Balaban J connectivity index is 2.04. The molecular weight excluding hydrogens is 214 g/mol. The number of fused-ring (bicyclic) bond motifs is 3. The maximum absolute atomic E-state index is 12.0. The highest BCUT2D eigenvalue weighted by atomic mass is 16.6. The van der Waals surface area contributed by atoms with E-state index < -0.39 is 5.60 Å². The van der Waals surface area contributed by atoms with Crippen molar-refractivity contribution in [1.29, 1.82) is 0 Å². The molecule has 3 heteroatoms. The van der Waals surface area contributed by atoms with Crippen molar-refractivity contribution in [2.24, 2.45) is 0 Å². The van der Waals surface area contributed by atoms with Crippen LogP contribution < -0.4 is 4.90 Å². The molecule has 0 saturated carbocycles. The number of hydrogen-bond donors (Lipinski definition) is 0. The number of carbonyl (C=O) groups excluding carboxylic acids is 1. The fourth-order valence-corrected chi connectivity index (χ4v) is 2.88. The van der Waals surface area contributed by atoms with Crippen LogP contribution in [0.3, 0.4) is 0 Å². The first-order valence-electron chi connectivity index (χ1n) is 5.87. The highest BCUT2D eigenvalue weighted by molar-refractivity contribution is 5.94. The zero-order valence-corrected chi connectivity index (χ0v) is 9.85.